The molecule has 0 aliphatic heterocycles. The average Bonchev–Trinajstić information content (AvgIpc) is 1.52. The van der Waals surface area contributed by atoms with Gasteiger partial charge in [-0.3, -0.25) is 0 Å². The van der Waals surface area contributed by atoms with E-state index in [1.165, 1.54) is 313 Å². The van der Waals surface area contributed by atoms with E-state index in [1.54, 1.807) is 0 Å². The molecule has 5 aliphatic carbocycles. The van der Waals surface area contributed by atoms with Crippen molar-refractivity contribution in [3.63, 3.8) is 0 Å². The van der Waals surface area contributed by atoms with Crippen LogP contribution < -0.4 is 0 Å². The number of para-hydroxylation sites is 8. The van der Waals surface area contributed by atoms with Crippen molar-refractivity contribution in [2.45, 2.75) is 96.3 Å². The Morgan fingerprint density at radius 1 is 0.162 bits per heavy atom. The zero-order chi connectivity index (χ0) is 98.0. The molecular weight excluding hydrogens is 1800 g/mol. The summed E-state index contributed by atoms with van der Waals surface area (Å²) in [5.74, 6) is 0. The maximum absolute atomic E-state index is 6.47. The summed E-state index contributed by atoms with van der Waals surface area (Å²) >= 11 is 0. The first-order valence-corrected chi connectivity index (χ1v) is 52.4. The highest BCUT2D eigenvalue weighted by Gasteiger charge is 2.44. The van der Waals surface area contributed by atoms with Crippen molar-refractivity contribution in [1.82, 2.24) is 22.2 Å². The lowest BCUT2D eigenvalue weighted by atomic mass is 9.80. The molecule has 696 valence electrons. The van der Waals surface area contributed by atoms with Gasteiger partial charge in [-0.15, -0.1) is 0 Å². The van der Waals surface area contributed by atoms with Gasteiger partial charge in [-0.1, -0.05) is 348 Å². The molecule has 21 aromatic carbocycles. The number of benzene rings is 21. The van der Waals surface area contributed by atoms with Gasteiger partial charge in [-0.05, 0) is 227 Å². The molecule has 0 bridgehead atoms. The maximum Gasteiger partial charge on any atom is 0.145 e. The summed E-state index contributed by atoms with van der Waals surface area (Å²) in [7, 11) is 0. The minimum atomic E-state index is -0.0382. The molecule has 32 aromatic rings. The smallest absolute Gasteiger partial charge is 0.145 e. The summed E-state index contributed by atoms with van der Waals surface area (Å²) in [6, 6.07) is 146. The first-order valence-electron chi connectivity index (χ1n) is 52.4. The third-order valence-electron chi connectivity index (χ3n) is 36.6. The van der Waals surface area contributed by atoms with Gasteiger partial charge in [0.2, 0.25) is 0 Å². The van der Waals surface area contributed by atoms with E-state index in [4.69, 9.17) is 8.83 Å². The third-order valence-corrected chi connectivity index (χ3v) is 36.6. The molecule has 11 heterocycles. The lowest BCUT2D eigenvalue weighted by Crippen LogP contribution is -2.15. The topological polar surface area (TPSA) is 48.8 Å². The van der Waals surface area contributed by atoms with Crippen LogP contribution in [0.3, 0.4) is 0 Å². The Morgan fingerprint density at radius 2 is 0.486 bits per heavy atom. The van der Waals surface area contributed by atoms with Gasteiger partial charge in [0.05, 0.1) is 82.6 Å². The molecule has 0 atom stereocenters. The highest BCUT2D eigenvalue weighted by Crippen LogP contribution is 2.61. The van der Waals surface area contributed by atoms with Crippen LogP contribution in [0.2, 0.25) is 0 Å². The molecule has 0 spiro atoms. The second-order valence-electron chi connectivity index (χ2n) is 45.5. The minimum absolute atomic E-state index is 0.00392. The van der Waals surface area contributed by atoms with Gasteiger partial charge in [0, 0.05) is 146 Å². The van der Waals surface area contributed by atoms with Gasteiger partial charge in [0.25, 0.3) is 0 Å². The number of rotatable bonds is 1. The van der Waals surface area contributed by atoms with Gasteiger partial charge >= 0.3 is 0 Å². The number of hydrogen-bond donors (Lipinski definition) is 0. The van der Waals surface area contributed by atoms with Crippen LogP contribution in [-0.2, 0) is 27.1 Å². The average molecular weight is 1890 g/mol. The van der Waals surface area contributed by atoms with Crippen molar-refractivity contribution in [1.29, 1.82) is 0 Å². The second-order valence-corrected chi connectivity index (χ2v) is 45.5. The number of aromatic nitrogens is 5. The van der Waals surface area contributed by atoms with Gasteiger partial charge in [0.1, 0.15) is 22.3 Å². The molecule has 7 heteroatoms. The van der Waals surface area contributed by atoms with Crippen molar-refractivity contribution in [2.75, 3.05) is 0 Å². The van der Waals surface area contributed by atoms with Crippen molar-refractivity contribution < 1.29 is 8.83 Å². The fourth-order valence-electron chi connectivity index (χ4n) is 30.0. The molecule has 0 unspecified atom stereocenters. The van der Waals surface area contributed by atoms with E-state index in [0.29, 0.717) is 0 Å². The summed E-state index contributed by atoms with van der Waals surface area (Å²) in [4.78, 5) is 0. The maximum atomic E-state index is 6.47. The van der Waals surface area contributed by atoms with Crippen molar-refractivity contribution in [3.8, 4) is 61.3 Å². The molecule has 0 fully saturated rings. The van der Waals surface area contributed by atoms with Crippen LogP contribution in [0.4, 0.5) is 0 Å². The van der Waals surface area contributed by atoms with Gasteiger partial charge in [-0.2, -0.15) is 0 Å². The Bertz CT molecular complexity index is 11600. The van der Waals surface area contributed by atoms with E-state index in [-0.39, 0.29) is 27.1 Å². The van der Waals surface area contributed by atoms with Crippen LogP contribution in [0.5, 0.6) is 0 Å². The summed E-state index contributed by atoms with van der Waals surface area (Å²) in [6.45, 7) is 23.7. The molecule has 148 heavy (non-hydrogen) atoms. The molecular formula is C141H95N5O2. The Morgan fingerprint density at radius 3 is 0.959 bits per heavy atom. The number of hydrogen-bond acceptors (Lipinski definition) is 2. The lowest BCUT2D eigenvalue weighted by Gasteiger charge is -2.22. The number of nitrogens with zero attached hydrogens (tertiary/aromatic N) is 5. The molecule has 0 saturated heterocycles. The summed E-state index contributed by atoms with van der Waals surface area (Å²) in [5.41, 5.74) is 51.0. The summed E-state index contributed by atoms with van der Waals surface area (Å²) in [5, 5.41) is 28.6. The van der Waals surface area contributed by atoms with E-state index >= 15 is 0 Å². The monoisotopic (exact) mass is 1890 g/mol. The van der Waals surface area contributed by atoms with E-state index in [2.05, 4.69) is 474 Å². The third kappa shape index (κ3) is 9.88. The Hall–Kier alpha value is -17.8. The first-order chi connectivity index (χ1) is 72.3. The van der Waals surface area contributed by atoms with Crippen LogP contribution in [0, 0.1) is 0 Å². The summed E-state index contributed by atoms with van der Waals surface area (Å²) in [6.07, 6.45) is 0. The summed E-state index contributed by atoms with van der Waals surface area (Å²) < 4.78 is 25.2. The quantitative estimate of drug-likeness (QED) is 0.164. The molecule has 0 N–H and O–H groups in total. The second kappa shape index (κ2) is 27.6. The molecule has 0 amide bonds. The molecule has 5 aliphatic rings. The predicted octanol–water partition coefficient (Wildman–Crippen LogP) is 37.8. The lowest BCUT2D eigenvalue weighted by molar-refractivity contribution is 0.661. The fraction of sp³-hybridized carbons (Fsp3) is 0.106. The van der Waals surface area contributed by atoms with Crippen LogP contribution in [0.15, 0.2) is 403 Å². The van der Waals surface area contributed by atoms with E-state index < -0.39 is 0 Å². The van der Waals surface area contributed by atoms with E-state index in [0.717, 1.165) is 22.3 Å². The molecule has 37 rings (SSSR count). The van der Waals surface area contributed by atoms with Crippen LogP contribution in [0.25, 0.3) is 279 Å². The zero-order valence-corrected chi connectivity index (χ0v) is 83.6. The zero-order valence-electron chi connectivity index (χ0n) is 83.6. The van der Waals surface area contributed by atoms with Crippen molar-refractivity contribution in [3.05, 3.63) is 450 Å². The molecule has 7 nitrogen and oxygen atoms in total. The van der Waals surface area contributed by atoms with Crippen molar-refractivity contribution >= 4 is 218 Å². The normalized spacial score (nSPS) is 15.1. The Labute approximate surface area is 850 Å². The molecule has 0 radical (unpaired) electrons. The standard InChI is InChI=1S/C39H26N2.C36H27N.2C33H21NO/c1-39(2)31-17-8-6-13-24(31)29-22-35-30(21-32(29)39)26-15-10-16-28-36-34(41(35)37(26)28)20-19-27-25-14-7-9-18-33(25)40(38(27)36)23-11-4-3-5-12-23;1-35(2)27-14-7-6-11-21(27)25-19-31-26(18-29(25)35)23-12-9-13-24-32-30(37(31)34(23)24)17-16-22-20-10-5-8-15-28(20)36(3,4)33(22)32;1-33(2)24-12-5-3-8-18(24)22-17-27-23(16-25(22)33)19-10-7-11-21-30-26(34(27)32(19)21)14-15-29-31(30)20-9-4-6-13-28(20)35-29;1-33(2)25-12-5-3-8-18(25)23-17-28-24(16-26(23)33)20-10-7-11-22-30-27(34(28)31(20)22)15-14-21-19-9-4-6-13-29(19)35-32(21)30/h3-22H,1-2H3;5-19H,1-4H3;2*3-17H,1-2H3. The Balaban J connectivity index is 0.0000000845. The van der Waals surface area contributed by atoms with Crippen molar-refractivity contribution in [2.24, 2.45) is 0 Å². The van der Waals surface area contributed by atoms with Crippen LogP contribution >= 0.6 is 0 Å². The van der Waals surface area contributed by atoms with Gasteiger partial charge in [0.15, 0.2) is 0 Å². The Kier molecular flexibility index (Phi) is 15.2. The van der Waals surface area contributed by atoms with E-state index in [1.807, 2.05) is 12.1 Å². The SMILES string of the molecule is CC1(C)c2ccccc2-c2cc3c(cc21)c1cccc2c4c5c(ccc4n3c12)-c1ccccc1C5(C)C.CC1(C)c2ccccc2-c2cc3c(cc21)c1cccc2c4c5c(ccc4n3c12)c1ccccc1n5-c1ccccc1.CC1(C)c2ccccc2-c2cc3c(cc21)c1cccc2c4c5c(ccc4n3c12)oc1ccccc15.CC1(C)c2ccccc2-c2cc3c(cc21)c1cccc2c4c5oc6ccccc6c5ccc4n3c12. The van der Waals surface area contributed by atoms with Crippen LogP contribution in [0.1, 0.15) is 125 Å². The molecule has 0 saturated carbocycles. The van der Waals surface area contributed by atoms with Gasteiger partial charge < -0.3 is 31.0 Å². The number of fused-ring (bicyclic) bond motifs is 52. The highest BCUT2D eigenvalue weighted by atomic mass is 16.3. The largest absolute Gasteiger partial charge is 0.456 e. The highest BCUT2D eigenvalue weighted by molar-refractivity contribution is 6.36. The number of furan rings is 2. The first kappa shape index (κ1) is 81.6. The fourth-order valence-corrected chi connectivity index (χ4v) is 30.0. The van der Waals surface area contributed by atoms with E-state index in [9.17, 15) is 0 Å². The van der Waals surface area contributed by atoms with Crippen LogP contribution in [-0.4, -0.2) is 22.2 Å². The molecule has 11 aromatic heterocycles. The minimum Gasteiger partial charge on any atom is -0.456 e. The van der Waals surface area contributed by atoms with Gasteiger partial charge in [-0.25, -0.2) is 0 Å². The predicted molar refractivity (Wildman–Crippen MR) is 621 cm³/mol.